The third kappa shape index (κ3) is 5.80. The van der Waals surface area contributed by atoms with Gasteiger partial charge in [-0.3, -0.25) is 4.79 Å². The van der Waals surface area contributed by atoms with Gasteiger partial charge in [0.25, 0.3) is 0 Å². The van der Waals surface area contributed by atoms with Crippen molar-refractivity contribution in [3.05, 3.63) is 65.7 Å². The minimum absolute atomic E-state index is 0.277. The molecule has 25 heavy (non-hydrogen) atoms. The molecule has 0 N–H and O–H groups in total. The van der Waals surface area contributed by atoms with Crippen molar-refractivity contribution < 1.29 is 23.8 Å². The van der Waals surface area contributed by atoms with E-state index in [1.807, 2.05) is 30.3 Å². The number of rotatable bonds is 7. The predicted octanol–water partition coefficient (Wildman–Crippen LogP) is 3.77. The van der Waals surface area contributed by atoms with Gasteiger partial charge in [0.2, 0.25) is 0 Å². The summed E-state index contributed by atoms with van der Waals surface area (Å²) in [6.45, 7) is 2.10. The molecule has 0 unspecified atom stereocenters. The van der Waals surface area contributed by atoms with E-state index in [9.17, 15) is 9.59 Å². The number of carbonyl (C=O) groups is 2. The van der Waals surface area contributed by atoms with Crippen LogP contribution in [-0.2, 0) is 20.9 Å². The Labute approximate surface area is 146 Å². The third-order valence-electron chi connectivity index (χ3n) is 3.34. The molecule has 0 amide bonds. The Hall–Kier alpha value is -3.08. The average Bonchev–Trinajstić information content (AvgIpc) is 2.65. The van der Waals surface area contributed by atoms with Crippen molar-refractivity contribution >= 4 is 18.0 Å². The second kappa shape index (κ2) is 9.27. The summed E-state index contributed by atoms with van der Waals surface area (Å²) in [5, 5.41) is 0. The fraction of sp³-hybridized carbons (Fsp3) is 0.200. The number of methoxy groups -OCH3 is 1. The van der Waals surface area contributed by atoms with E-state index in [2.05, 4.69) is 4.74 Å². The zero-order valence-corrected chi connectivity index (χ0v) is 14.2. The maximum Gasteiger partial charge on any atom is 0.330 e. The Bertz CT molecular complexity index is 750. The number of hydrogen-bond acceptors (Lipinski definition) is 5. The molecule has 0 aliphatic rings. The lowest BCUT2D eigenvalue weighted by Crippen LogP contribution is -2.06. The zero-order chi connectivity index (χ0) is 18.1. The SMILES string of the molecule is CCC(=O)Oc1ccc(OCc2ccccc2)c(/C=C\C(=O)OC)c1. The quantitative estimate of drug-likeness (QED) is 0.436. The van der Waals surface area contributed by atoms with Gasteiger partial charge in [-0.1, -0.05) is 37.3 Å². The molecule has 0 aliphatic carbocycles. The molecule has 0 saturated heterocycles. The topological polar surface area (TPSA) is 61.8 Å². The van der Waals surface area contributed by atoms with Gasteiger partial charge >= 0.3 is 11.9 Å². The standard InChI is InChI=1S/C20H20O5/c1-3-19(21)25-17-10-11-18(16(13-17)9-12-20(22)23-2)24-14-15-7-5-4-6-8-15/h4-13H,3,14H2,1-2H3/b12-9-. The van der Waals surface area contributed by atoms with Crippen LogP contribution < -0.4 is 9.47 Å². The summed E-state index contributed by atoms with van der Waals surface area (Å²) in [6.07, 6.45) is 3.13. The molecule has 5 heteroatoms. The van der Waals surface area contributed by atoms with Crippen molar-refractivity contribution in [1.82, 2.24) is 0 Å². The van der Waals surface area contributed by atoms with Gasteiger partial charge in [0.1, 0.15) is 18.1 Å². The molecule has 0 heterocycles. The molecule has 130 valence electrons. The highest BCUT2D eigenvalue weighted by Gasteiger charge is 2.08. The van der Waals surface area contributed by atoms with Crippen LogP contribution in [0.2, 0.25) is 0 Å². The van der Waals surface area contributed by atoms with Crippen molar-refractivity contribution in [2.24, 2.45) is 0 Å². The summed E-state index contributed by atoms with van der Waals surface area (Å²) in [6, 6.07) is 14.7. The first-order valence-electron chi connectivity index (χ1n) is 7.90. The smallest absolute Gasteiger partial charge is 0.330 e. The minimum atomic E-state index is -0.482. The van der Waals surface area contributed by atoms with E-state index in [-0.39, 0.29) is 12.4 Å². The lowest BCUT2D eigenvalue weighted by molar-refractivity contribution is -0.135. The van der Waals surface area contributed by atoms with E-state index >= 15 is 0 Å². The monoisotopic (exact) mass is 340 g/mol. The second-order valence-corrected chi connectivity index (χ2v) is 5.16. The Balaban J connectivity index is 2.22. The van der Waals surface area contributed by atoms with Crippen molar-refractivity contribution in [3.8, 4) is 11.5 Å². The average molecular weight is 340 g/mol. The van der Waals surface area contributed by atoms with E-state index in [1.54, 1.807) is 31.2 Å². The number of benzene rings is 2. The van der Waals surface area contributed by atoms with Gasteiger partial charge in [-0.05, 0) is 29.8 Å². The Kier molecular flexibility index (Phi) is 6.77. The van der Waals surface area contributed by atoms with Gasteiger partial charge in [-0.2, -0.15) is 0 Å². The first kappa shape index (κ1) is 18.3. The van der Waals surface area contributed by atoms with Gasteiger partial charge in [0, 0.05) is 18.1 Å². The molecule has 0 aromatic heterocycles. The van der Waals surface area contributed by atoms with Crippen molar-refractivity contribution in [2.75, 3.05) is 7.11 Å². The highest BCUT2D eigenvalue weighted by molar-refractivity contribution is 5.87. The molecule has 0 aliphatic heterocycles. The summed E-state index contributed by atoms with van der Waals surface area (Å²) in [7, 11) is 1.30. The molecular weight excluding hydrogens is 320 g/mol. The molecule has 0 bridgehead atoms. The van der Waals surface area contributed by atoms with Crippen molar-refractivity contribution in [3.63, 3.8) is 0 Å². The molecule has 5 nitrogen and oxygen atoms in total. The maximum atomic E-state index is 11.5. The van der Waals surface area contributed by atoms with Crippen LogP contribution in [0.3, 0.4) is 0 Å². The Morgan fingerprint density at radius 2 is 1.84 bits per heavy atom. The van der Waals surface area contributed by atoms with Crippen LogP contribution in [0.25, 0.3) is 6.08 Å². The van der Waals surface area contributed by atoms with Crippen molar-refractivity contribution in [1.29, 1.82) is 0 Å². The van der Waals surface area contributed by atoms with Gasteiger partial charge in [-0.25, -0.2) is 4.79 Å². The fourth-order valence-electron chi connectivity index (χ4n) is 2.02. The van der Waals surface area contributed by atoms with E-state index in [0.717, 1.165) is 5.56 Å². The molecule has 2 aromatic rings. The second-order valence-electron chi connectivity index (χ2n) is 5.16. The maximum absolute atomic E-state index is 11.5. The molecule has 0 atom stereocenters. The van der Waals surface area contributed by atoms with Gasteiger partial charge < -0.3 is 14.2 Å². The lowest BCUT2D eigenvalue weighted by atomic mass is 10.1. The van der Waals surface area contributed by atoms with E-state index in [0.29, 0.717) is 23.7 Å². The normalized spacial score (nSPS) is 10.5. The van der Waals surface area contributed by atoms with Gasteiger partial charge in [-0.15, -0.1) is 0 Å². The number of ether oxygens (including phenoxy) is 3. The molecule has 0 saturated carbocycles. The Morgan fingerprint density at radius 3 is 2.52 bits per heavy atom. The minimum Gasteiger partial charge on any atom is -0.488 e. The van der Waals surface area contributed by atoms with Gasteiger partial charge in [0.15, 0.2) is 0 Å². The largest absolute Gasteiger partial charge is 0.488 e. The van der Waals surface area contributed by atoms with E-state index < -0.39 is 5.97 Å². The summed E-state index contributed by atoms with van der Waals surface area (Å²) < 4.78 is 15.6. The van der Waals surface area contributed by atoms with Crippen LogP contribution in [0, 0.1) is 0 Å². The summed E-state index contributed by atoms with van der Waals surface area (Å²) in [5.74, 6) is 0.148. The molecule has 2 rings (SSSR count). The van der Waals surface area contributed by atoms with Crippen LogP contribution >= 0.6 is 0 Å². The highest BCUT2D eigenvalue weighted by atomic mass is 16.5. The molecule has 0 radical (unpaired) electrons. The van der Waals surface area contributed by atoms with Crippen LogP contribution in [0.1, 0.15) is 24.5 Å². The molecular formula is C20H20O5. The summed E-state index contributed by atoms with van der Waals surface area (Å²) in [4.78, 5) is 22.8. The number of hydrogen-bond donors (Lipinski definition) is 0. The van der Waals surface area contributed by atoms with Crippen molar-refractivity contribution in [2.45, 2.75) is 20.0 Å². The molecule has 0 spiro atoms. The van der Waals surface area contributed by atoms with Crippen LogP contribution in [0.15, 0.2) is 54.6 Å². The first-order valence-corrected chi connectivity index (χ1v) is 7.90. The molecule has 0 fully saturated rings. The number of esters is 2. The zero-order valence-electron chi connectivity index (χ0n) is 14.2. The molecule has 2 aromatic carbocycles. The Morgan fingerprint density at radius 1 is 1.08 bits per heavy atom. The van der Waals surface area contributed by atoms with E-state index in [4.69, 9.17) is 9.47 Å². The lowest BCUT2D eigenvalue weighted by Gasteiger charge is -2.11. The van der Waals surface area contributed by atoms with E-state index in [1.165, 1.54) is 13.2 Å². The number of carbonyl (C=O) groups excluding carboxylic acids is 2. The summed E-state index contributed by atoms with van der Waals surface area (Å²) in [5.41, 5.74) is 1.63. The summed E-state index contributed by atoms with van der Waals surface area (Å²) >= 11 is 0. The first-order chi connectivity index (χ1) is 12.1. The van der Waals surface area contributed by atoms with Gasteiger partial charge in [0.05, 0.1) is 7.11 Å². The van der Waals surface area contributed by atoms with Crippen LogP contribution in [-0.4, -0.2) is 19.0 Å². The third-order valence-corrected chi connectivity index (χ3v) is 3.34. The van der Waals surface area contributed by atoms with Crippen LogP contribution in [0.5, 0.6) is 11.5 Å². The van der Waals surface area contributed by atoms with Crippen LogP contribution in [0.4, 0.5) is 0 Å². The predicted molar refractivity (Wildman–Crippen MR) is 94.2 cm³/mol. The fourth-order valence-corrected chi connectivity index (χ4v) is 2.02. The highest BCUT2D eigenvalue weighted by Crippen LogP contribution is 2.27.